The van der Waals surface area contributed by atoms with E-state index in [-0.39, 0.29) is 6.04 Å². The Balaban J connectivity index is 2.05. The van der Waals surface area contributed by atoms with E-state index in [2.05, 4.69) is 17.1 Å². The van der Waals surface area contributed by atoms with Gasteiger partial charge in [0.05, 0.1) is 0 Å². The predicted molar refractivity (Wildman–Crippen MR) is 80.9 cm³/mol. The Labute approximate surface area is 122 Å². The van der Waals surface area contributed by atoms with Crippen LogP contribution in [0, 0.1) is 5.92 Å². The van der Waals surface area contributed by atoms with Gasteiger partial charge in [-0.15, -0.1) is 0 Å². The molecule has 0 aliphatic heterocycles. The second-order valence-electron chi connectivity index (χ2n) is 6.97. The molecule has 2 aliphatic rings. The van der Waals surface area contributed by atoms with Crippen molar-refractivity contribution in [2.45, 2.75) is 76.9 Å². The summed E-state index contributed by atoms with van der Waals surface area (Å²) in [6.07, 6.45) is 6.39. The zero-order valence-electron chi connectivity index (χ0n) is 13.2. The molecule has 0 saturated heterocycles. The maximum Gasteiger partial charge on any atom is 0.323 e. The number of hydrogen-bond acceptors (Lipinski definition) is 3. The van der Waals surface area contributed by atoms with E-state index < -0.39 is 11.5 Å². The van der Waals surface area contributed by atoms with E-state index in [1.165, 1.54) is 19.4 Å². The van der Waals surface area contributed by atoms with Crippen LogP contribution in [-0.2, 0) is 4.79 Å². The standard InChI is InChI=1S/C16H30N2O2/c1-4-18(11-13-7-8-13)14-6-5-9-16(10-14,15(19)20)17-12(2)3/h12-14,17H,4-11H2,1-3H3,(H,19,20). The van der Waals surface area contributed by atoms with Crippen LogP contribution < -0.4 is 5.32 Å². The van der Waals surface area contributed by atoms with Crippen LogP contribution in [-0.4, -0.2) is 46.7 Å². The Morgan fingerprint density at radius 1 is 1.40 bits per heavy atom. The molecular formula is C16H30N2O2. The lowest BCUT2D eigenvalue weighted by Crippen LogP contribution is -2.60. The Kier molecular flexibility index (Phi) is 5.08. The fraction of sp³-hybridized carbons (Fsp3) is 0.938. The average molecular weight is 282 g/mol. The van der Waals surface area contributed by atoms with Gasteiger partial charge in [0.15, 0.2) is 0 Å². The molecule has 0 aromatic rings. The van der Waals surface area contributed by atoms with E-state index >= 15 is 0 Å². The first kappa shape index (κ1) is 15.8. The smallest absolute Gasteiger partial charge is 0.323 e. The van der Waals surface area contributed by atoms with Crippen molar-refractivity contribution in [1.29, 1.82) is 0 Å². The van der Waals surface area contributed by atoms with Crippen molar-refractivity contribution < 1.29 is 9.90 Å². The number of carbonyl (C=O) groups is 1. The molecule has 0 aromatic carbocycles. The molecule has 2 saturated carbocycles. The quantitative estimate of drug-likeness (QED) is 0.753. The molecule has 0 amide bonds. The van der Waals surface area contributed by atoms with E-state index in [1.54, 1.807) is 0 Å². The van der Waals surface area contributed by atoms with Crippen LogP contribution in [0.4, 0.5) is 0 Å². The molecule has 0 aromatic heterocycles. The van der Waals surface area contributed by atoms with Crippen molar-refractivity contribution in [3.8, 4) is 0 Å². The number of hydrogen-bond donors (Lipinski definition) is 2. The second-order valence-corrected chi connectivity index (χ2v) is 6.97. The molecule has 20 heavy (non-hydrogen) atoms. The van der Waals surface area contributed by atoms with Crippen LogP contribution in [0.3, 0.4) is 0 Å². The average Bonchev–Trinajstić information content (AvgIpc) is 3.19. The highest BCUT2D eigenvalue weighted by Gasteiger charge is 2.44. The number of aliphatic carboxylic acids is 1. The molecule has 2 N–H and O–H groups in total. The minimum atomic E-state index is -0.714. The number of carboxylic acid groups (broad SMARTS) is 1. The highest BCUT2D eigenvalue weighted by atomic mass is 16.4. The van der Waals surface area contributed by atoms with Crippen molar-refractivity contribution >= 4 is 5.97 Å². The molecule has 2 rings (SSSR count). The molecule has 0 radical (unpaired) electrons. The molecule has 116 valence electrons. The normalized spacial score (nSPS) is 30.9. The second kappa shape index (κ2) is 6.44. The summed E-state index contributed by atoms with van der Waals surface area (Å²) in [6, 6.07) is 0.639. The predicted octanol–water partition coefficient (Wildman–Crippen LogP) is 2.48. The molecule has 4 nitrogen and oxygen atoms in total. The summed E-state index contributed by atoms with van der Waals surface area (Å²) in [7, 11) is 0. The maximum absolute atomic E-state index is 11.8. The van der Waals surface area contributed by atoms with Crippen LogP contribution in [0.5, 0.6) is 0 Å². The van der Waals surface area contributed by atoms with Crippen molar-refractivity contribution in [2.24, 2.45) is 5.92 Å². The van der Waals surface area contributed by atoms with E-state index in [1.807, 2.05) is 13.8 Å². The van der Waals surface area contributed by atoms with Crippen molar-refractivity contribution in [3.05, 3.63) is 0 Å². The summed E-state index contributed by atoms with van der Waals surface area (Å²) in [5, 5.41) is 13.1. The summed E-state index contributed by atoms with van der Waals surface area (Å²) in [5.74, 6) is 0.201. The van der Waals surface area contributed by atoms with Gasteiger partial charge in [0.25, 0.3) is 0 Å². The third kappa shape index (κ3) is 3.73. The summed E-state index contributed by atoms with van der Waals surface area (Å²) in [4.78, 5) is 14.3. The monoisotopic (exact) mass is 282 g/mol. The largest absolute Gasteiger partial charge is 0.480 e. The third-order valence-corrected chi connectivity index (χ3v) is 4.81. The number of carboxylic acids is 1. The first-order valence-corrected chi connectivity index (χ1v) is 8.22. The van der Waals surface area contributed by atoms with Crippen LogP contribution >= 0.6 is 0 Å². The topological polar surface area (TPSA) is 52.6 Å². The van der Waals surface area contributed by atoms with Crippen LogP contribution in [0.25, 0.3) is 0 Å². The van der Waals surface area contributed by atoms with E-state index in [9.17, 15) is 9.90 Å². The van der Waals surface area contributed by atoms with Gasteiger partial charge < -0.3 is 10.0 Å². The molecule has 0 bridgehead atoms. The Morgan fingerprint density at radius 3 is 2.60 bits per heavy atom. The Bertz CT molecular complexity index is 341. The van der Waals surface area contributed by atoms with Gasteiger partial charge in [0.2, 0.25) is 0 Å². The van der Waals surface area contributed by atoms with Gasteiger partial charge in [-0.1, -0.05) is 6.92 Å². The highest BCUT2D eigenvalue weighted by molar-refractivity contribution is 5.79. The number of rotatable bonds is 7. The van der Waals surface area contributed by atoms with Gasteiger partial charge in [0, 0.05) is 18.6 Å². The molecule has 2 atom stereocenters. The van der Waals surface area contributed by atoms with Gasteiger partial charge in [-0.3, -0.25) is 10.1 Å². The first-order chi connectivity index (χ1) is 9.47. The van der Waals surface area contributed by atoms with Crippen LogP contribution in [0.1, 0.15) is 59.3 Å². The molecule has 2 unspecified atom stereocenters. The highest BCUT2D eigenvalue weighted by Crippen LogP contribution is 2.35. The van der Waals surface area contributed by atoms with E-state index in [4.69, 9.17) is 0 Å². The maximum atomic E-state index is 11.8. The SMILES string of the molecule is CCN(CC1CC1)C1CCCC(NC(C)C)(C(=O)O)C1. The van der Waals surface area contributed by atoms with Gasteiger partial charge in [-0.2, -0.15) is 0 Å². The Hall–Kier alpha value is -0.610. The molecule has 0 spiro atoms. The summed E-state index contributed by atoms with van der Waals surface area (Å²) < 4.78 is 0. The van der Waals surface area contributed by atoms with Gasteiger partial charge >= 0.3 is 5.97 Å². The van der Waals surface area contributed by atoms with Crippen LogP contribution in [0.2, 0.25) is 0 Å². The molecule has 2 fully saturated rings. The lowest BCUT2D eigenvalue weighted by molar-refractivity contribution is -0.148. The van der Waals surface area contributed by atoms with Crippen LogP contribution in [0.15, 0.2) is 0 Å². The fourth-order valence-corrected chi connectivity index (χ4v) is 3.67. The third-order valence-electron chi connectivity index (χ3n) is 4.81. The Morgan fingerprint density at radius 2 is 2.10 bits per heavy atom. The van der Waals surface area contributed by atoms with Crippen molar-refractivity contribution in [2.75, 3.05) is 13.1 Å². The zero-order valence-corrected chi connectivity index (χ0v) is 13.2. The minimum Gasteiger partial charge on any atom is -0.480 e. The zero-order chi connectivity index (χ0) is 14.8. The molecule has 0 heterocycles. The van der Waals surface area contributed by atoms with Gasteiger partial charge in [-0.05, 0) is 64.8 Å². The van der Waals surface area contributed by atoms with E-state index in [0.717, 1.165) is 38.1 Å². The molecule has 2 aliphatic carbocycles. The first-order valence-electron chi connectivity index (χ1n) is 8.22. The van der Waals surface area contributed by atoms with Gasteiger partial charge in [0.1, 0.15) is 5.54 Å². The van der Waals surface area contributed by atoms with E-state index in [0.29, 0.717) is 6.04 Å². The lowest BCUT2D eigenvalue weighted by Gasteiger charge is -2.43. The summed E-state index contributed by atoms with van der Waals surface area (Å²) >= 11 is 0. The molecular weight excluding hydrogens is 252 g/mol. The number of nitrogens with one attached hydrogen (secondary N) is 1. The fourth-order valence-electron chi connectivity index (χ4n) is 3.67. The minimum absolute atomic E-state index is 0.211. The van der Waals surface area contributed by atoms with Gasteiger partial charge in [-0.25, -0.2) is 0 Å². The number of nitrogens with zero attached hydrogens (tertiary/aromatic N) is 1. The molecule has 4 heteroatoms. The lowest BCUT2D eigenvalue weighted by atomic mass is 9.77. The summed E-state index contributed by atoms with van der Waals surface area (Å²) in [6.45, 7) is 8.48. The summed E-state index contributed by atoms with van der Waals surface area (Å²) in [5.41, 5.74) is -0.714. The van der Waals surface area contributed by atoms with Crippen molar-refractivity contribution in [1.82, 2.24) is 10.2 Å². The van der Waals surface area contributed by atoms with Crippen molar-refractivity contribution in [3.63, 3.8) is 0 Å².